The normalized spacial score (nSPS) is 14.0. The van der Waals surface area contributed by atoms with E-state index in [-0.39, 0.29) is 17.5 Å². The minimum Gasteiger partial charge on any atom is -0.496 e. The summed E-state index contributed by atoms with van der Waals surface area (Å²) < 4.78 is 12.6. The number of esters is 1. The summed E-state index contributed by atoms with van der Waals surface area (Å²) in [6.07, 6.45) is 2.70. The standard InChI is InChI=1S/C24H25N3O4/c1-16(23(28)25-18-12-13-18)31-24(29)20-15-27(14-17-8-4-3-5-9-17)26-22(20)19-10-6-7-11-21(19)30-2/h3-11,15-16,18H,12-14H2,1-2H3,(H,25,28)/t16-/m1/s1. The van der Waals surface area contributed by atoms with Crippen LogP contribution in [0.3, 0.4) is 0 Å². The van der Waals surface area contributed by atoms with Crippen LogP contribution in [0.2, 0.25) is 0 Å². The molecule has 1 atom stereocenters. The number of para-hydroxylation sites is 1. The average molecular weight is 419 g/mol. The van der Waals surface area contributed by atoms with E-state index >= 15 is 0 Å². The lowest BCUT2D eigenvalue weighted by Crippen LogP contribution is -2.37. The molecule has 31 heavy (non-hydrogen) atoms. The number of ether oxygens (including phenoxy) is 2. The molecule has 1 amide bonds. The number of aromatic nitrogens is 2. The Morgan fingerprint density at radius 2 is 1.84 bits per heavy atom. The zero-order chi connectivity index (χ0) is 21.8. The van der Waals surface area contributed by atoms with Gasteiger partial charge in [0.2, 0.25) is 0 Å². The molecule has 0 bridgehead atoms. The first kappa shape index (κ1) is 20.7. The van der Waals surface area contributed by atoms with E-state index in [1.165, 1.54) is 0 Å². The average Bonchev–Trinajstić information content (AvgIpc) is 3.50. The van der Waals surface area contributed by atoms with E-state index in [9.17, 15) is 9.59 Å². The molecule has 1 aliphatic carbocycles. The van der Waals surface area contributed by atoms with E-state index in [0.29, 0.717) is 23.6 Å². The van der Waals surface area contributed by atoms with Crippen LogP contribution in [0.4, 0.5) is 0 Å². The molecule has 0 radical (unpaired) electrons. The summed E-state index contributed by atoms with van der Waals surface area (Å²) in [4.78, 5) is 25.3. The van der Waals surface area contributed by atoms with Crippen LogP contribution in [0.15, 0.2) is 60.8 Å². The Morgan fingerprint density at radius 1 is 1.13 bits per heavy atom. The highest BCUT2D eigenvalue weighted by molar-refractivity contribution is 5.98. The number of carbonyl (C=O) groups is 2. The molecule has 160 valence electrons. The van der Waals surface area contributed by atoms with Gasteiger partial charge in [-0.2, -0.15) is 5.10 Å². The molecule has 0 spiro atoms. The Balaban J connectivity index is 1.63. The van der Waals surface area contributed by atoms with Crippen molar-refractivity contribution in [1.29, 1.82) is 0 Å². The fourth-order valence-corrected chi connectivity index (χ4v) is 3.29. The van der Waals surface area contributed by atoms with Crippen LogP contribution in [-0.2, 0) is 16.1 Å². The Bertz CT molecular complexity index is 1070. The molecule has 4 rings (SSSR count). The highest BCUT2D eigenvalue weighted by atomic mass is 16.5. The molecule has 0 unspecified atom stereocenters. The number of hydrogen-bond acceptors (Lipinski definition) is 5. The Morgan fingerprint density at radius 3 is 2.55 bits per heavy atom. The molecule has 1 aliphatic rings. The maximum absolute atomic E-state index is 13.0. The molecule has 1 aromatic heterocycles. The summed E-state index contributed by atoms with van der Waals surface area (Å²) in [6.45, 7) is 2.07. The van der Waals surface area contributed by atoms with E-state index in [0.717, 1.165) is 18.4 Å². The smallest absolute Gasteiger partial charge is 0.342 e. The fraction of sp³-hybridized carbons (Fsp3) is 0.292. The number of carbonyl (C=O) groups excluding carboxylic acids is 2. The molecule has 0 saturated heterocycles. The lowest BCUT2D eigenvalue weighted by atomic mass is 10.1. The summed E-state index contributed by atoms with van der Waals surface area (Å²) in [7, 11) is 1.57. The Kier molecular flexibility index (Phi) is 6.02. The van der Waals surface area contributed by atoms with Crippen molar-refractivity contribution >= 4 is 11.9 Å². The van der Waals surface area contributed by atoms with Crippen molar-refractivity contribution in [3.8, 4) is 17.0 Å². The third kappa shape index (κ3) is 4.94. The summed E-state index contributed by atoms with van der Waals surface area (Å²) in [5, 5.41) is 7.51. The van der Waals surface area contributed by atoms with Gasteiger partial charge in [0.1, 0.15) is 17.0 Å². The molecule has 1 N–H and O–H groups in total. The highest BCUT2D eigenvalue weighted by Crippen LogP contribution is 2.31. The zero-order valence-corrected chi connectivity index (χ0v) is 17.6. The quantitative estimate of drug-likeness (QED) is 0.566. The van der Waals surface area contributed by atoms with Gasteiger partial charge in [0.25, 0.3) is 5.91 Å². The lowest BCUT2D eigenvalue weighted by molar-refractivity contribution is -0.129. The van der Waals surface area contributed by atoms with Crippen LogP contribution in [-0.4, -0.2) is 40.9 Å². The van der Waals surface area contributed by atoms with Crippen molar-refractivity contribution in [2.45, 2.75) is 38.5 Å². The maximum atomic E-state index is 13.0. The molecule has 0 aliphatic heterocycles. The van der Waals surface area contributed by atoms with Crippen LogP contribution in [0.25, 0.3) is 11.3 Å². The van der Waals surface area contributed by atoms with Crippen molar-refractivity contribution < 1.29 is 19.1 Å². The monoisotopic (exact) mass is 419 g/mol. The number of methoxy groups -OCH3 is 1. The van der Waals surface area contributed by atoms with E-state index in [2.05, 4.69) is 10.4 Å². The van der Waals surface area contributed by atoms with Crippen molar-refractivity contribution in [1.82, 2.24) is 15.1 Å². The molecule has 1 saturated carbocycles. The summed E-state index contributed by atoms with van der Waals surface area (Å²) in [5.74, 6) is -0.286. The van der Waals surface area contributed by atoms with Crippen molar-refractivity contribution in [3.63, 3.8) is 0 Å². The van der Waals surface area contributed by atoms with E-state index in [1.54, 1.807) is 24.9 Å². The van der Waals surface area contributed by atoms with Crippen molar-refractivity contribution in [2.24, 2.45) is 0 Å². The Labute approximate surface area is 181 Å². The van der Waals surface area contributed by atoms with Crippen molar-refractivity contribution in [2.75, 3.05) is 7.11 Å². The first-order valence-corrected chi connectivity index (χ1v) is 10.3. The van der Waals surface area contributed by atoms with Gasteiger partial charge in [-0.3, -0.25) is 9.48 Å². The second kappa shape index (κ2) is 9.04. The summed E-state index contributed by atoms with van der Waals surface area (Å²) >= 11 is 0. The molecule has 3 aromatic rings. The van der Waals surface area contributed by atoms with Gasteiger partial charge in [-0.25, -0.2) is 4.79 Å². The van der Waals surface area contributed by atoms with Gasteiger partial charge in [-0.05, 0) is 37.5 Å². The predicted octanol–water partition coefficient (Wildman–Crippen LogP) is 3.43. The summed E-state index contributed by atoms with van der Waals surface area (Å²) in [6, 6.07) is 17.4. The van der Waals surface area contributed by atoms with Gasteiger partial charge in [-0.15, -0.1) is 0 Å². The molecule has 1 fully saturated rings. The van der Waals surface area contributed by atoms with Gasteiger partial charge >= 0.3 is 5.97 Å². The van der Waals surface area contributed by atoms with Gasteiger partial charge in [-0.1, -0.05) is 42.5 Å². The third-order valence-corrected chi connectivity index (χ3v) is 5.11. The number of rotatable bonds is 8. The van der Waals surface area contributed by atoms with Crippen LogP contribution in [0.1, 0.15) is 35.7 Å². The Hall–Kier alpha value is -3.61. The van der Waals surface area contributed by atoms with E-state index in [4.69, 9.17) is 9.47 Å². The SMILES string of the molecule is COc1ccccc1-c1nn(Cc2ccccc2)cc1C(=O)O[C@H](C)C(=O)NC1CC1. The lowest BCUT2D eigenvalue weighted by Gasteiger charge is -2.13. The second-order valence-electron chi connectivity index (χ2n) is 7.61. The number of nitrogens with one attached hydrogen (secondary N) is 1. The largest absolute Gasteiger partial charge is 0.496 e. The number of benzene rings is 2. The van der Waals surface area contributed by atoms with Crippen LogP contribution < -0.4 is 10.1 Å². The molecular weight excluding hydrogens is 394 g/mol. The van der Waals surface area contributed by atoms with Crippen LogP contribution in [0, 0.1) is 0 Å². The molecule has 7 nitrogen and oxygen atoms in total. The fourth-order valence-electron chi connectivity index (χ4n) is 3.29. The van der Waals surface area contributed by atoms with Crippen LogP contribution in [0.5, 0.6) is 5.75 Å². The minimum atomic E-state index is -0.893. The van der Waals surface area contributed by atoms with Gasteiger partial charge < -0.3 is 14.8 Å². The molecule has 1 heterocycles. The van der Waals surface area contributed by atoms with Gasteiger partial charge in [0.05, 0.1) is 13.7 Å². The number of nitrogens with zero attached hydrogens (tertiary/aromatic N) is 2. The maximum Gasteiger partial charge on any atom is 0.342 e. The van der Waals surface area contributed by atoms with E-state index < -0.39 is 12.1 Å². The highest BCUT2D eigenvalue weighted by Gasteiger charge is 2.29. The van der Waals surface area contributed by atoms with Crippen molar-refractivity contribution in [3.05, 3.63) is 71.9 Å². The number of hydrogen-bond donors (Lipinski definition) is 1. The minimum absolute atomic E-state index is 0.200. The van der Waals surface area contributed by atoms with Gasteiger partial charge in [0, 0.05) is 17.8 Å². The topological polar surface area (TPSA) is 82.5 Å². The molecule has 7 heteroatoms. The van der Waals surface area contributed by atoms with E-state index in [1.807, 2.05) is 54.6 Å². The zero-order valence-electron chi connectivity index (χ0n) is 17.6. The molecular formula is C24H25N3O4. The number of amides is 1. The predicted molar refractivity (Wildman–Crippen MR) is 116 cm³/mol. The summed E-state index contributed by atoms with van der Waals surface area (Å²) in [5.41, 5.74) is 2.47. The third-order valence-electron chi connectivity index (χ3n) is 5.11. The first-order chi connectivity index (χ1) is 15.0. The second-order valence-corrected chi connectivity index (χ2v) is 7.61. The van der Waals surface area contributed by atoms with Gasteiger partial charge in [0.15, 0.2) is 6.10 Å². The molecule has 2 aromatic carbocycles. The first-order valence-electron chi connectivity index (χ1n) is 10.3. The van der Waals surface area contributed by atoms with Crippen LogP contribution >= 0.6 is 0 Å².